The molecule has 1 unspecified atom stereocenters. The highest BCUT2D eigenvalue weighted by Gasteiger charge is 2.37. The van der Waals surface area contributed by atoms with Crippen molar-refractivity contribution in [2.45, 2.75) is 18.9 Å². The summed E-state index contributed by atoms with van der Waals surface area (Å²) in [4.78, 5) is 16.1. The number of anilines is 1. The van der Waals surface area contributed by atoms with E-state index in [-0.39, 0.29) is 17.8 Å². The van der Waals surface area contributed by atoms with E-state index in [1.54, 1.807) is 17.0 Å². The molecule has 0 bridgehead atoms. The first-order valence-electron chi connectivity index (χ1n) is 5.97. The highest BCUT2D eigenvalue weighted by molar-refractivity contribution is 5.88. The minimum absolute atomic E-state index is 0.126. The second-order valence-corrected chi connectivity index (χ2v) is 4.80. The summed E-state index contributed by atoms with van der Waals surface area (Å²) in [6.45, 7) is 1.68. The second kappa shape index (κ2) is 3.72. The Bertz CT molecular complexity index is 474. The minimum Gasteiger partial charge on any atom is -0.359 e. The lowest BCUT2D eigenvalue weighted by atomic mass is 10.1. The molecule has 0 saturated carbocycles. The molecule has 1 amide bonds. The summed E-state index contributed by atoms with van der Waals surface area (Å²) < 4.78 is 13.2. The van der Waals surface area contributed by atoms with Gasteiger partial charge in [-0.25, -0.2) is 4.39 Å². The number of benzene rings is 1. The van der Waals surface area contributed by atoms with E-state index in [1.165, 1.54) is 6.07 Å². The number of hydrogen-bond acceptors (Lipinski definition) is 2. The predicted octanol–water partition coefficient (Wildman–Crippen LogP) is 1.42. The molecular weight excluding hydrogens is 219 g/mol. The fourth-order valence-corrected chi connectivity index (χ4v) is 2.82. The van der Waals surface area contributed by atoms with E-state index >= 15 is 0 Å². The number of hydrogen-bond donors (Lipinski definition) is 0. The monoisotopic (exact) mass is 234 g/mol. The SMILES string of the molecule is CN1CCCN2c3ccc(F)cc3CC2C1=O. The van der Waals surface area contributed by atoms with Gasteiger partial charge in [-0.05, 0) is 30.2 Å². The zero-order chi connectivity index (χ0) is 12.0. The molecule has 2 aliphatic heterocycles. The summed E-state index contributed by atoms with van der Waals surface area (Å²) in [6, 6.07) is 4.69. The van der Waals surface area contributed by atoms with E-state index < -0.39 is 0 Å². The lowest BCUT2D eigenvalue weighted by Crippen LogP contribution is -2.42. The Labute approximate surface area is 99.8 Å². The number of amides is 1. The summed E-state index contributed by atoms with van der Waals surface area (Å²) in [5.74, 6) is -0.0682. The molecule has 3 nitrogen and oxygen atoms in total. The van der Waals surface area contributed by atoms with Gasteiger partial charge in [0.25, 0.3) is 0 Å². The largest absolute Gasteiger partial charge is 0.359 e. The van der Waals surface area contributed by atoms with Crippen LogP contribution in [0.5, 0.6) is 0 Å². The van der Waals surface area contributed by atoms with Gasteiger partial charge in [0.2, 0.25) is 5.91 Å². The highest BCUT2D eigenvalue weighted by Crippen LogP contribution is 2.34. The van der Waals surface area contributed by atoms with Crippen molar-refractivity contribution >= 4 is 11.6 Å². The quantitative estimate of drug-likeness (QED) is 0.678. The molecule has 0 aromatic heterocycles. The van der Waals surface area contributed by atoms with Gasteiger partial charge in [-0.15, -0.1) is 0 Å². The molecule has 17 heavy (non-hydrogen) atoms. The number of likely N-dealkylation sites (N-methyl/N-ethyl adjacent to an activating group) is 1. The summed E-state index contributed by atoms with van der Waals surface area (Å²) in [5.41, 5.74) is 1.98. The van der Waals surface area contributed by atoms with E-state index in [9.17, 15) is 9.18 Å². The van der Waals surface area contributed by atoms with Gasteiger partial charge in [0, 0.05) is 32.2 Å². The van der Waals surface area contributed by atoms with Crippen LogP contribution in [0.3, 0.4) is 0 Å². The third-order valence-corrected chi connectivity index (χ3v) is 3.69. The van der Waals surface area contributed by atoms with Gasteiger partial charge < -0.3 is 9.80 Å². The average Bonchev–Trinajstić information content (AvgIpc) is 2.59. The lowest BCUT2D eigenvalue weighted by Gasteiger charge is -2.24. The van der Waals surface area contributed by atoms with Crippen LogP contribution in [0.25, 0.3) is 0 Å². The normalized spacial score (nSPS) is 23.4. The van der Waals surface area contributed by atoms with Gasteiger partial charge >= 0.3 is 0 Å². The molecule has 2 aliphatic rings. The zero-order valence-electron chi connectivity index (χ0n) is 9.82. The molecule has 1 saturated heterocycles. The van der Waals surface area contributed by atoms with E-state index in [1.807, 2.05) is 7.05 Å². The van der Waals surface area contributed by atoms with Crippen molar-refractivity contribution in [3.05, 3.63) is 29.6 Å². The Hall–Kier alpha value is -1.58. The first kappa shape index (κ1) is 10.6. The molecule has 0 radical (unpaired) electrons. The standard InChI is InChI=1S/C13H15FN2O/c1-15-5-2-6-16-11-4-3-10(14)7-9(11)8-12(16)13(15)17/h3-4,7,12H,2,5-6,8H2,1H3. The van der Waals surface area contributed by atoms with E-state index in [4.69, 9.17) is 0 Å². The Kier molecular flexibility index (Phi) is 2.31. The molecule has 1 aromatic rings. The van der Waals surface area contributed by atoms with E-state index in [2.05, 4.69) is 4.90 Å². The smallest absolute Gasteiger partial charge is 0.245 e. The van der Waals surface area contributed by atoms with Crippen molar-refractivity contribution in [3.8, 4) is 0 Å². The fourth-order valence-electron chi connectivity index (χ4n) is 2.82. The summed E-state index contributed by atoms with van der Waals surface area (Å²) in [7, 11) is 1.84. The summed E-state index contributed by atoms with van der Waals surface area (Å²) in [6.07, 6.45) is 1.60. The zero-order valence-corrected chi connectivity index (χ0v) is 9.82. The second-order valence-electron chi connectivity index (χ2n) is 4.80. The Balaban J connectivity index is 2.00. The fraction of sp³-hybridized carbons (Fsp3) is 0.462. The lowest BCUT2D eigenvalue weighted by molar-refractivity contribution is -0.130. The first-order chi connectivity index (χ1) is 8.16. The molecule has 0 N–H and O–H groups in total. The maximum Gasteiger partial charge on any atom is 0.245 e. The van der Waals surface area contributed by atoms with Crippen LogP contribution in [0.4, 0.5) is 10.1 Å². The predicted molar refractivity (Wildman–Crippen MR) is 63.5 cm³/mol. The minimum atomic E-state index is -0.220. The number of nitrogens with zero attached hydrogens (tertiary/aromatic N) is 2. The number of fused-ring (bicyclic) bond motifs is 3. The number of carbonyl (C=O) groups is 1. The van der Waals surface area contributed by atoms with Crippen LogP contribution in [0, 0.1) is 5.82 Å². The van der Waals surface area contributed by atoms with Crippen LogP contribution in [0.15, 0.2) is 18.2 Å². The molecule has 0 aliphatic carbocycles. The van der Waals surface area contributed by atoms with Crippen LogP contribution in [0.1, 0.15) is 12.0 Å². The van der Waals surface area contributed by atoms with Crippen molar-refractivity contribution in [1.82, 2.24) is 4.90 Å². The summed E-state index contributed by atoms with van der Waals surface area (Å²) in [5, 5.41) is 0. The maximum absolute atomic E-state index is 13.2. The third kappa shape index (κ3) is 1.59. The molecule has 1 aromatic carbocycles. The highest BCUT2D eigenvalue weighted by atomic mass is 19.1. The molecule has 90 valence electrons. The van der Waals surface area contributed by atoms with Crippen LogP contribution < -0.4 is 4.90 Å². The van der Waals surface area contributed by atoms with Crippen LogP contribution in [0.2, 0.25) is 0 Å². The van der Waals surface area contributed by atoms with Gasteiger partial charge in [0.15, 0.2) is 0 Å². The number of carbonyl (C=O) groups excluding carboxylic acids is 1. The number of rotatable bonds is 0. The van der Waals surface area contributed by atoms with Gasteiger partial charge in [0.1, 0.15) is 11.9 Å². The van der Waals surface area contributed by atoms with Crippen molar-refractivity contribution in [3.63, 3.8) is 0 Å². The van der Waals surface area contributed by atoms with Gasteiger partial charge in [-0.2, -0.15) is 0 Å². The Morgan fingerprint density at radius 3 is 3.00 bits per heavy atom. The third-order valence-electron chi connectivity index (χ3n) is 3.69. The van der Waals surface area contributed by atoms with Crippen molar-refractivity contribution in [2.24, 2.45) is 0 Å². The number of halogens is 1. The van der Waals surface area contributed by atoms with Crippen LogP contribution in [-0.4, -0.2) is 37.0 Å². The van der Waals surface area contributed by atoms with Gasteiger partial charge in [-0.1, -0.05) is 0 Å². The average molecular weight is 234 g/mol. The molecule has 1 atom stereocenters. The van der Waals surface area contributed by atoms with Gasteiger partial charge in [0.05, 0.1) is 0 Å². The Morgan fingerprint density at radius 1 is 1.35 bits per heavy atom. The van der Waals surface area contributed by atoms with Crippen molar-refractivity contribution in [1.29, 1.82) is 0 Å². The van der Waals surface area contributed by atoms with E-state index in [0.717, 1.165) is 30.8 Å². The van der Waals surface area contributed by atoms with Crippen molar-refractivity contribution < 1.29 is 9.18 Å². The Morgan fingerprint density at radius 2 is 2.18 bits per heavy atom. The first-order valence-corrected chi connectivity index (χ1v) is 5.97. The van der Waals surface area contributed by atoms with Crippen molar-refractivity contribution in [2.75, 3.05) is 25.0 Å². The molecule has 0 spiro atoms. The molecule has 4 heteroatoms. The molecule has 1 fully saturated rings. The molecular formula is C13H15FN2O. The summed E-state index contributed by atoms with van der Waals surface area (Å²) >= 11 is 0. The van der Waals surface area contributed by atoms with Gasteiger partial charge in [-0.3, -0.25) is 4.79 Å². The topological polar surface area (TPSA) is 23.6 Å². The van der Waals surface area contributed by atoms with Crippen LogP contribution >= 0.6 is 0 Å². The molecule has 2 heterocycles. The molecule has 3 rings (SSSR count). The van der Waals surface area contributed by atoms with E-state index in [0.29, 0.717) is 6.42 Å². The maximum atomic E-state index is 13.2. The van der Waals surface area contributed by atoms with Crippen LogP contribution in [-0.2, 0) is 11.2 Å².